The summed E-state index contributed by atoms with van der Waals surface area (Å²) in [5.41, 5.74) is 3.10. The lowest BCUT2D eigenvalue weighted by Gasteiger charge is -2.30. The van der Waals surface area contributed by atoms with Gasteiger partial charge in [-0.3, -0.25) is 4.79 Å². The Morgan fingerprint density at radius 1 is 1.28 bits per heavy atom. The van der Waals surface area contributed by atoms with E-state index in [0.717, 1.165) is 52.7 Å². The molecule has 0 unspecified atom stereocenters. The van der Waals surface area contributed by atoms with E-state index in [0.29, 0.717) is 6.54 Å². The van der Waals surface area contributed by atoms with Gasteiger partial charge in [0, 0.05) is 36.5 Å². The molecule has 1 aliphatic rings. The Morgan fingerprint density at radius 2 is 2.12 bits per heavy atom. The zero-order chi connectivity index (χ0) is 17.2. The normalized spacial score (nSPS) is 15.6. The quantitative estimate of drug-likeness (QED) is 0.757. The Hall–Kier alpha value is -1.99. The van der Waals surface area contributed by atoms with Gasteiger partial charge in [0.25, 0.3) is 0 Å². The summed E-state index contributed by atoms with van der Waals surface area (Å²) in [5, 5.41) is 8.13. The van der Waals surface area contributed by atoms with E-state index in [1.807, 2.05) is 13.0 Å². The van der Waals surface area contributed by atoms with E-state index in [9.17, 15) is 4.79 Å². The summed E-state index contributed by atoms with van der Waals surface area (Å²) in [6, 6.07) is 6.18. The number of carbonyl (C=O) groups excluding carboxylic acids is 1. The molecule has 1 aliphatic heterocycles. The van der Waals surface area contributed by atoms with Crippen LogP contribution < -0.4 is 10.2 Å². The third kappa shape index (κ3) is 3.39. The lowest BCUT2D eigenvalue weighted by atomic mass is 9.96. The number of thiophene rings is 1. The van der Waals surface area contributed by atoms with Crippen molar-refractivity contribution in [2.75, 3.05) is 24.5 Å². The summed E-state index contributed by atoms with van der Waals surface area (Å²) in [5.74, 6) is 0.322. The maximum Gasteiger partial charge on any atom is 0.223 e. The summed E-state index contributed by atoms with van der Waals surface area (Å²) in [6.45, 7) is 4.42. The Balaban J connectivity index is 1.50. The fourth-order valence-corrected chi connectivity index (χ4v) is 4.80. The van der Waals surface area contributed by atoms with Crippen LogP contribution in [0.15, 0.2) is 29.0 Å². The van der Waals surface area contributed by atoms with Crippen LogP contribution in [0, 0.1) is 5.92 Å². The van der Waals surface area contributed by atoms with Crippen LogP contribution in [0.25, 0.3) is 21.6 Å². The number of hydrogen-bond donors (Lipinski definition) is 1. The number of carbonyl (C=O) groups is 1. The van der Waals surface area contributed by atoms with Crippen molar-refractivity contribution >= 4 is 44.1 Å². The number of rotatable bonds is 4. The predicted molar refractivity (Wildman–Crippen MR) is 104 cm³/mol. The summed E-state index contributed by atoms with van der Waals surface area (Å²) < 4.78 is 0. The second-order valence-electron chi connectivity index (χ2n) is 6.19. The van der Waals surface area contributed by atoms with Gasteiger partial charge in [-0.1, -0.05) is 11.3 Å². The summed E-state index contributed by atoms with van der Waals surface area (Å²) in [7, 11) is 0. The number of hydrogen-bond acceptors (Lipinski definition) is 6. The van der Waals surface area contributed by atoms with Crippen LogP contribution in [0.5, 0.6) is 0 Å². The first kappa shape index (κ1) is 16.5. The molecule has 0 saturated carbocycles. The molecule has 3 aromatic heterocycles. The van der Waals surface area contributed by atoms with Crippen LogP contribution >= 0.6 is 22.7 Å². The minimum atomic E-state index is 0.133. The first-order chi connectivity index (χ1) is 12.2. The Labute approximate surface area is 154 Å². The topological polar surface area (TPSA) is 58.1 Å². The summed E-state index contributed by atoms with van der Waals surface area (Å²) >= 11 is 3.32. The minimum absolute atomic E-state index is 0.133. The smallest absolute Gasteiger partial charge is 0.223 e. The predicted octanol–water partition coefficient (Wildman–Crippen LogP) is 3.77. The van der Waals surface area contributed by atoms with Gasteiger partial charge in [-0.05, 0) is 43.3 Å². The van der Waals surface area contributed by atoms with Gasteiger partial charge in [0.1, 0.15) is 10.3 Å². The molecule has 0 aromatic carbocycles. The number of nitrogens with zero attached hydrogens (tertiary/aromatic N) is 3. The Morgan fingerprint density at radius 3 is 2.84 bits per heavy atom. The van der Waals surface area contributed by atoms with Crippen molar-refractivity contribution < 1.29 is 4.79 Å². The van der Waals surface area contributed by atoms with Gasteiger partial charge >= 0.3 is 0 Å². The third-order valence-corrected chi connectivity index (χ3v) is 6.26. The monoisotopic (exact) mass is 372 g/mol. The van der Waals surface area contributed by atoms with Gasteiger partial charge < -0.3 is 10.2 Å². The largest absolute Gasteiger partial charge is 0.356 e. The van der Waals surface area contributed by atoms with Crippen molar-refractivity contribution in [2.24, 2.45) is 5.92 Å². The highest BCUT2D eigenvalue weighted by atomic mass is 32.1. The number of amides is 1. The number of aromatic nitrogens is 2. The van der Waals surface area contributed by atoms with Crippen molar-refractivity contribution in [3.8, 4) is 11.3 Å². The SMILES string of the molecule is CCNC(=O)C1CCN(c2nc3ccc(-c4ccsc4)nc3s2)CC1. The second-order valence-corrected chi connectivity index (χ2v) is 7.92. The molecule has 4 heterocycles. The molecule has 1 saturated heterocycles. The number of fused-ring (bicyclic) bond motifs is 1. The molecule has 0 bridgehead atoms. The van der Waals surface area contributed by atoms with Crippen LogP contribution in [0.3, 0.4) is 0 Å². The van der Waals surface area contributed by atoms with E-state index in [-0.39, 0.29) is 11.8 Å². The molecular formula is C18H20N4OS2. The summed E-state index contributed by atoms with van der Waals surface area (Å²) in [4.78, 5) is 24.8. The molecule has 1 fully saturated rings. The highest BCUT2D eigenvalue weighted by Crippen LogP contribution is 2.32. The minimum Gasteiger partial charge on any atom is -0.356 e. The van der Waals surface area contributed by atoms with E-state index in [4.69, 9.17) is 9.97 Å². The third-order valence-electron chi connectivity index (χ3n) is 4.55. The van der Waals surface area contributed by atoms with E-state index in [1.54, 1.807) is 22.7 Å². The molecule has 0 atom stereocenters. The van der Waals surface area contributed by atoms with Crippen molar-refractivity contribution in [1.82, 2.24) is 15.3 Å². The zero-order valence-corrected chi connectivity index (χ0v) is 15.7. The van der Waals surface area contributed by atoms with Crippen molar-refractivity contribution in [1.29, 1.82) is 0 Å². The number of anilines is 1. The molecule has 7 heteroatoms. The van der Waals surface area contributed by atoms with Crippen molar-refractivity contribution in [3.63, 3.8) is 0 Å². The molecule has 1 N–H and O–H groups in total. The van der Waals surface area contributed by atoms with Crippen molar-refractivity contribution in [2.45, 2.75) is 19.8 Å². The zero-order valence-electron chi connectivity index (χ0n) is 14.1. The van der Waals surface area contributed by atoms with E-state index < -0.39 is 0 Å². The molecule has 0 radical (unpaired) electrons. The molecule has 5 nitrogen and oxygen atoms in total. The maximum atomic E-state index is 12.0. The fourth-order valence-electron chi connectivity index (χ4n) is 3.16. The number of nitrogens with one attached hydrogen (secondary N) is 1. The van der Waals surface area contributed by atoms with Crippen LogP contribution in [-0.2, 0) is 4.79 Å². The second kappa shape index (κ2) is 7.09. The highest BCUT2D eigenvalue weighted by molar-refractivity contribution is 7.21. The Bertz CT molecular complexity index is 866. The molecule has 4 rings (SSSR count). The van der Waals surface area contributed by atoms with E-state index in [2.05, 4.69) is 33.1 Å². The molecule has 0 spiro atoms. The first-order valence-electron chi connectivity index (χ1n) is 8.57. The number of thiazole rings is 1. The van der Waals surface area contributed by atoms with Crippen LogP contribution in [0.1, 0.15) is 19.8 Å². The molecule has 130 valence electrons. The van der Waals surface area contributed by atoms with E-state index >= 15 is 0 Å². The standard InChI is InChI=1S/C18H20N4OS2/c1-2-19-16(23)12-5-8-22(9-6-12)18-21-15-4-3-14(20-17(15)25-18)13-7-10-24-11-13/h3-4,7,10-12H,2,5-6,8-9H2,1H3,(H,19,23). The van der Waals surface area contributed by atoms with Gasteiger partial charge in [-0.2, -0.15) is 11.3 Å². The average Bonchev–Trinajstić information content (AvgIpc) is 3.31. The fraction of sp³-hybridized carbons (Fsp3) is 0.389. The van der Waals surface area contributed by atoms with Gasteiger partial charge in [0.15, 0.2) is 5.13 Å². The molecule has 1 amide bonds. The Kier molecular flexibility index (Phi) is 4.67. The van der Waals surface area contributed by atoms with Gasteiger partial charge in [-0.15, -0.1) is 0 Å². The maximum absolute atomic E-state index is 12.0. The molecule has 0 aliphatic carbocycles. The number of piperidine rings is 1. The first-order valence-corrected chi connectivity index (χ1v) is 10.3. The summed E-state index contributed by atoms with van der Waals surface area (Å²) in [6.07, 6.45) is 1.77. The van der Waals surface area contributed by atoms with Gasteiger partial charge in [-0.25, -0.2) is 9.97 Å². The van der Waals surface area contributed by atoms with Crippen LogP contribution in [0.2, 0.25) is 0 Å². The van der Waals surface area contributed by atoms with Crippen LogP contribution in [0.4, 0.5) is 5.13 Å². The van der Waals surface area contributed by atoms with Gasteiger partial charge in [0.2, 0.25) is 5.91 Å². The van der Waals surface area contributed by atoms with Crippen molar-refractivity contribution in [3.05, 3.63) is 29.0 Å². The number of pyridine rings is 1. The molecule has 25 heavy (non-hydrogen) atoms. The molecular weight excluding hydrogens is 352 g/mol. The highest BCUT2D eigenvalue weighted by Gasteiger charge is 2.26. The van der Waals surface area contributed by atoms with E-state index in [1.165, 1.54) is 0 Å². The van der Waals surface area contributed by atoms with Crippen LogP contribution in [-0.4, -0.2) is 35.5 Å². The lowest BCUT2D eigenvalue weighted by molar-refractivity contribution is -0.125. The molecule has 3 aromatic rings. The lowest BCUT2D eigenvalue weighted by Crippen LogP contribution is -2.40. The van der Waals surface area contributed by atoms with Gasteiger partial charge in [0.05, 0.1) is 5.69 Å². The average molecular weight is 373 g/mol.